The molecule has 0 radical (unpaired) electrons. The van der Waals surface area contributed by atoms with Gasteiger partial charge in [-0.3, -0.25) is 4.79 Å². The number of unbranched alkanes of at least 4 members (excludes halogenated alkanes) is 4. The Kier molecular flexibility index (Phi) is 9.87. The first kappa shape index (κ1) is 19.3. The molecule has 0 aliphatic heterocycles. The summed E-state index contributed by atoms with van der Waals surface area (Å²) >= 11 is 0. The van der Waals surface area contributed by atoms with E-state index >= 15 is 0 Å². The molecule has 0 fully saturated rings. The molecule has 0 aliphatic rings. The van der Waals surface area contributed by atoms with Crippen LogP contribution in [0.2, 0.25) is 0 Å². The highest BCUT2D eigenvalue weighted by Crippen LogP contribution is 2.28. The number of ether oxygens (including phenoxy) is 2. The van der Waals surface area contributed by atoms with Gasteiger partial charge in [0.15, 0.2) is 11.5 Å². The third kappa shape index (κ3) is 7.88. The number of benzene rings is 1. The van der Waals surface area contributed by atoms with Gasteiger partial charge in [-0.2, -0.15) is 0 Å². The molecule has 5 nitrogen and oxygen atoms in total. The largest absolute Gasteiger partial charge is 0.493 e. The molecule has 0 spiro atoms. The Bertz CT molecular complexity index is 464. The Morgan fingerprint density at radius 1 is 1.17 bits per heavy atom. The quantitative estimate of drug-likeness (QED) is 0.580. The molecule has 0 bridgehead atoms. The smallest absolute Gasteiger partial charge is 0.224 e. The van der Waals surface area contributed by atoms with E-state index in [1.807, 2.05) is 18.2 Å². The Hall–Kier alpha value is -1.75. The van der Waals surface area contributed by atoms with Gasteiger partial charge in [0, 0.05) is 13.1 Å². The van der Waals surface area contributed by atoms with Gasteiger partial charge in [0.05, 0.1) is 13.5 Å². The number of amides is 1. The van der Waals surface area contributed by atoms with Gasteiger partial charge in [0.1, 0.15) is 6.61 Å². The van der Waals surface area contributed by atoms with Gasteiger partial charge < -0.3 is 20.5 Å². The third-order valence-electron chi connectivity index (χ3n) is 3.57. The van der Waals surface area contributed by atoms with E-state index in [4.69, 9.17) is 15.2 Å². The van der Waals surface area contributed by atoms with Crippen LogP contribution in [0.1, 0.15) is 44.6 Å². The van der Waals surface area contributed by atoms with Crippen LogP contribution in [-0.4, -0.2) is 32.7 Å². The number of methoxy groups -OCH3 is 1. The Balaban J connectivity index is 2.39. The minimum atomic E-state index is 0.0400. The van der Waals surface area contributed by atoms with Gasteiger partial charge in [-0.15, -0.1) is 0 Å². The van der Waals surface area contributed by atoms with Crippen LogP contribution in [-0.2, 0) is 11.2 Å². The molecule has 0 saturated carbocycles. The van der Waals surface area contributed by atoms with E-state index in [9.17, 15) is 4.79 Å². The highest BCUT2D eigenvalue weighted by Gasteiger charge is 2.08. The summed E-state index contributed by atoms with van der Waals surface area (Å²) in [5.41, 5.74) is 6.34. The van der Waals surface area contributed by atoms with Crippen LogP contribution in [0.3, 0.4) is 0 Å². The van der Waals surface area contributed by atoms with Crippen molar-refractivity contribution in [1.82, 2.24) is 5.32 Å². The first-order valence-electron chi connectivity index (χ1n) is 8.47. The second kappa shape index (κ2) is 11.8. The van der Waals surface area contributed by atoms with Crippen molar-refractivity contribution in [3.05, 3.63) is 23.8 Å². The lowest BCUT2D eigenvalue weighted by Gasteiger charge is -2.11. The van der Waals surface area contributed by atoms with Crippen molar-refractivity contribution in [2.45, 2.75) is 45.4 Å². The van der Waals surface area contributed by atoms with Crippen molar-refractivity contribution in [2.24, 2.45) is 5.73 Å². The maximum absolute atomic E-state index is 12.0. The third-order valence-corrected chi connectivity index (χ3v) is 3.57. The van der Waals surface area contributed by atoms with E-state index in [0.29, 0.717) is 31.1 Å². The van der Waals surface area contributed by atoms with Crippen molar-refractivity contribution in [1.29, 1.82) is 0 Å². The number of nitrogens with one attached hydrogen (secondary N) is 1. The topological polar surface area (TPSA) is 73.6 Å². The van der Waals surface area contributed by atoms with Crippen LogP contribution >= 0.6 is 0 Å². The van der Waals surface area contributed by atoms with Crippen LogP contribution in [0, 0.1) is 0 Å². The van der Waals surface area contributed by atoms with Gasteiger partial charge in [-0.05, 0) is 24.1 Å². The van der Waals surface area contributed by atoms with Crippen molar-refractivity contribution in [2.75, 3.05) is 26.8 Å². The Morgan fingerprint density at radius 3 is 2.65 bits per heavy atom. The summed E-state index contributed by atoms with van der Waals surface area (Å²) in [5, 5.41) is 2.97. The zero-order valence-corrected chi connectivity index (χ0v) is 14.4. The molecule has 0 atom stereocenters. The maximum atomic E-state index is 12.0. The Labute approximate surface area is 139 Å². The zero-order valence-electron chi connectivity index (χ0n) is 14.4. The summed E-state index contributed by atoms with van der Waals surface area (Å²) in [5.74, 6) is 1.32. The first-order valence-corrected chi connectivity index (χ1v) is 8.47. The fraction of sp³-hybridized carbons (Fsp3) is 0.611. The van der Waals surface area contributed by atoms with E-state index in [1.165, 1.54) is 25.7 Å². The average Bonchev–Trinajstić information content (AvgIpc) is 2.56. The molecular weight excluding hydrogens is 292 g/mol. The molecule has 0 aliphatic carbocycles. The number of hydrogen-bond donors (Lipinski definition) is 2. The fourth-order valence-electron chi connectivity index (χ4n) is 2.31. The molecule has 0 heterocycles. The molecule has 1 aromatic rings. The van der Waals surface area contributed by atoms with Gasteiger partial charge in [0.25, 0.3) is 0 Å². The van der Waals surface area contributed by atoms with Crippen LogP contribution in [0.15, 0.2) is 18.2 Å². The lowest BCUT2D eigenvalue weighted by Crippen LogP contribution is -2.26. The van der Waals surface area contributed by atoms with Gasteiger partial charge in [0.2, 0.25) is 5.91 Å². The Morgan fingerprint density at radius 2 is 1.96 bits per heavy atom. The minimum absolute atomic E-state index is 0.0400. The monoisotopic (exact) mass is 322 g/mol. The van der Waals surface area contributed by atoms with Crippen molar-refractivity contribution < 1.29 is 14.3 Å². The average molecular weight is 322 g/mol. The summed E-state index contributed by atoms with van der Waals surface area (Å²) < 4.78 is 10.8. The zero-order chi connectivity index (χ0) is 16.9. The summed E-state index contributed by atoms with van der Waals surface area (Å²) in [7, 11) is 1.59. The highest BCUT2D eigenvalue weighted by molar-refractivity contribution is 5.78. The number of nitrogens with two attached hydrogens (primary N) is 1. The van der Waals surface area contributed by atoms with E-state index in [1.54, 1.807) is 7.11 Å². The van der Waals surface area contributed by atoms with E-state index in [2.05, 4.69) is 12.2 Å². The van der Waals surface area contributed by atoms with E-state index < -0.39 is 0 Å². The van der Waals surface area contributed by atoms with Gasteiger partial charge in [-0.25, -0.2) is 0 Å². The molecule has 23 heavy (non-hydrogen) atoms. The van der Waals surface area contributed by atoms with Crippen molar-refractivity contribution >= 4 is 5.91 Å². The molecule has 1 amide bonds. The molecular formula is C18H30N2O3. The number of carbonyl (C=O) groups excluding carboxylic acids is 1. The van der Waals surface area contributed by atoms with Crippen LogP contribution < -0.4 is 20.5 Å². The minimum Gasteiger partial charge on any atom is -0.493 e. The van der Waals surface area contributed by atoms with Crippen molar-refractivity contribution in [3.63, 3.8) is 0 Å². The van der Waals surface area contributed by atoms with Crippen LogP contribution in [0.5, 0.6) is 11.5 Å². The molecule has 0 saturated heterocycles. The SMILES string of the molecule is CCCCCCCNC(=O)Cc1ccc(OCCN)c(OC)c1. The molecule has 1 rings (SSSR count). The number of rotatable bonds is 12. The molecule has 0 unspecified atom stereocenters. The summed E-state index contributed by atoms with van der Waals surface area (Å²) in [6.07, 6.45) is 6.32. The highest BCUT2D eigenvalue weighted by atomic mass is 16.5. The summed E-state index contributed by atoms with van der Waals surface area (Å²) in [6, 6.07) is 5.55. The molecule has 3 N–H and O–H groups in total. The molecule has 1 aromatic carbocycles. The first-order chi connectivity index (χ1) is 11.2. The standard InChI is InChI=1S/C18H30N2O3/c1-3-4-5-6-7-11-20-18(21)14-15-8-9-16(23-12-10-19)17(13-15)22-2/h8-9,13H,3-7,10-12,14,19H2,1-2H3,(H,20,21). The van der Waals surface area contributed by atoms with Crippen LogP contribution in [0.4, 0.5) is 0 Å². The molecule has 5 heteroatoms. The summed E-state index contributed by atoms with van der Waals surface area (Å²) in [4.78, 5) is 12.0. The predicted molar refractivity (Wildman–Crippen MR) is 93.0 cm³/mol. The number of carbonyl (C=O) groups is 1. The number of hydrogen-bond acceptors (Lipinski definition) is 4. The lowest BCUT2D eigenvalue weighted by atomic mass is 10.1. The second-order valence-electron chi connectivity index (χ2n) is 5.56. The maximum Gasteiger partial charge on any atom is 0.224 e. The van der Waals surface area contributed by atoms with E-state index in [-0.39, 0.29) is 5.91 Å². The van der Waals surface area contributed by atoms with Crippen molar-refractivity contribution in [3.8, 4) is 11.5 Å². The molecule has 0 aromatic heterocycles. The predicted octanol–water partition coefficient (Wildman–Crippen LogP) is 2.66. The van der Waals surface area contributed by atoms with Gasteiger partial charge >= 0.3 is 0 Å². The normalized spacial score (nSPS) is 10.4. The van der Waals surface area contributed by atoms with Crippen LogP contribution in [0.25, 0.3) is 0 Å². The van der Waals surface area contributed by atoms with E-state index in [0.717, 1.165) is 18.5 Å². The summed E-state index contributed by atoms with van der Waals surface area (Å²) in [6.45, 7) is 3.83. The molecule has 130 valence electrons. The lowest BCUT2D eigenvalue weighted by molar-refractivity contribution is -0.120. The second-order valence-corrected chi connectivity index (χ2v) is 5.56. The fourth-order valence-corrected chi connectivity index (χ4v) is 2.31. The van der Waals surface area contributed by atoms with Gasteiger partial charge in [-0.1, -0.05) is 38.7 Å².